The maximum Gasteiger partial charge on any atom is 0.416 e. The van der Waals surface area contributed by atoms with Gasteiger partial charge in [-0.15, -0.1) is 0 Å². The number of amides is 1. The summed E-state index contributed by atoms with van der Waals surface area (Å²) in [6, 6.07) is 10.1. The second kappa shape index (κ2) is 9.48. The molecule has 1 amide bonds. The standard InChI is InChI=1S/C24H24F3N3O3/c1-14-12-18(24(25,26)27)6-9-20(14)23(33)28-19-7-4-17(5-8-19)13-30-16(3)21(15(2)29-30)10-11-22(31)32/h4-9,12H,10-11,13H2,1-3H3,(H,28,33)(H,31,32). The number of carbonyl (C=O) groups is 2. The quantitative estimate of drug-likeness (QED) is 0.512. The number of nitrogens with one attached hydrogen (secondary N) is 1. The monoisotopic (exact) mass is 459 g/mol. The van der Waals surface area contributed by atoms with Crippen LogP contribution in [0, 0.1) is 20.8 Å². The number of rotatable bonds is 7. The van der Waals surface area contributed by atoms with Gasteiger partial charge in [0.2, 0.25) is 0 Å². The average molecular weight is 459 g/mol. The largest absolute Gasteiger partial charge is 0.481 e. The van der Waals surface area contributed by atoms with Crippen molar-refractivity contribution in [2.75, 3.05) is 5.32 Å². The molecule has 3 rings (SSSR count). The molecule has 0 bridgehead atoms. The third-order valence-electron chi connectivity index (χ3n) is 5.46. The molecule has 174 valence electrons. The van der Waals surface area contributed by atoms with E-state index in [2.05, 4.69) is 10.4 Å². The van der Waals surface area contributed by atoms with Crippen LogP contribution in [0.25, 0.3) is 0 Å². The number of benzene rings is 2. The zero-order valence-corrected chi connectivity index (χ0v) is 18.5. The number of carboxylic acid groups (broad SMARTS) is 1. The summed E-state index contributed by atoms with van der Waals surface area (Å²) in [7, 11) is 0. The predicted octanol–water partition coefficient (Wildman–Crippen LogP) is 5.14. The predicted molar refractivity (Wildman–Crippen MR) is 117 cm³/mol. The van der Waals surface area contributed by atoms with Crippen molar-refractivity contribution in [2.24, 2.45) is 0 Å². The van der Waals surface area contributed by atoms with Crippen molar-refractivity contribution in [3.05, 3.63) is 81.7 Å². The van der Waals surface area contributed by atoms with Gasteiger partial charge in [-0.25, -0.2) is 0 Å². The van der Waals surface area contributed by atoms with Crippen LogP contribution in [-0.2, 0) is 23.9 Å². The molecule has 6 nitrogen and oxygen atoms in total. The number of nitrogens with zero attached hydrogens (tertiary/aromatic N) is 2. The molecule has 2 N–H and O–H groups in total. The van der Waals surface area contributed by atoms with E-state index in [4.69, 9.17) is 5.11 Å². The average Bonchev–Trinajstić information content (AvgIpc) is 2.99. The Hall–Kier alpha value is -3.62. The third-order valence-corrected chi connectivity index (χ3v) is 5.46. The highest BCUT2D eigenvalue weighted by Gasteiger charge is 2.31. The van der Waals surface area contributed by atoms with Gasteiger partial charge in [0.1, 0.15) is 0 Å². The summed E-state index contributed by atoms with van der Waals surface area (Å²) in [5.74, 6) is -1.35. The fraction of sp³-hybridized carbons (Fsp3) is 0.292. The van der Waals surface area contributed by atoms with Gasteiger partial charge in [-0.2, -0.15) is 18.3 Å². The van der Waals surface area contributed by atoms with E-state index in [1.807, 2.05) is 30.7 Å². The van der Waals surface area contributed by atoms with Crippen LogP contribution in [0.4, 0.5) is 18.9 Å². The van der Waals surface area contributed by atoms with E-state index in [1.165, 1.54) is 13.0 Å². The van der Waals surface area contributed by atoms with Gasteiger partial charge in [-0.05, 0) is 74.2 Å². The summed E-state index contributed by atoms with van der Waals surface area (Å²) in [5, 5.41) is 16.1. The maximum absolute atomic E-state index is 12.8. The molecule has 0 saturated carbocycles. The Balaban J connectivity index is 1.68. The summed E-state index contributed by atoms with van der Waals surface area (Å²) in [6.07, 6.45) is -4.00. The van der Waals surface area contributed by atoms with Crippen LogP contribution in [0.2, 0.25) is 0 Å². The van der Waals surface area contributed by atoms with E-state index >= 15 is 0 Å². The fourth-order valence-electron chi connectivity index (χ4n) is 3.64. The molecule has 0 radical (unpaired) electrons. The van der Waals surface area contributed by atoms with Crippen molar-refractivity contribution in [3.8, 4) is 0 Å². The van der Waals surface area contributed by atoms with Crippen molar-refractivity contribution in [3.63, 3.8) is 0 Å². The van der Waals surface area contributed by atoms with Crippen molar-refractivity contribution >= 4 is 17.6 Å². The molecule has 2 aromatic carbocycles. The van der Waals surface area contributed by atoms with Crippen LogP contribution in [0.5, 0.6) is 0 Å². The molecule has 1 heterocycles. The Morgan fingerprint density at radius 3 is 2.30 bits per heavy atom. The van der Waals surface area contributed by atoms with E-state index in [0.29, 0.717) is 18.7 Å². The van der Waals surface area contributed by atoms with Crippen LogP contribution >= 0.6 is 0 Å². The molecule has 33 heavy (non-hydrogen) atoms. The summed E-state index contributed by atoms with van der Waals surface area (Å²) in [6.45, 7) is 5.69. The number of anilines is 1. The van der Waals surface area contributed by atoms with Crippen molar-refractivity contribution < 1.29 is 27.9 Å². The summed E-state index contributed by atoms with van der Waals surface area (Å²) in [4.78, 5) is 23.4. The van der Waals surface area contributed by atoms with E-state index in [1.54, 1.807) is 12.1 Å². The number of aliphatic carboxylic acids is 1. The highest BCUT2D eigenvalue weighted by Crippen LogP contribution is 2.30. The minimum atomic E-state index is -4.46. The summed E-state index contributed by atoms with van der Waals surface area (Å²) in [5.41, 5.74) is 3.68. The number of aromatic nitrogens is 2. The maximum atomic E-state index is 12.8. The topological polar surface area (TPSA) is 84.2 Å². The molecule has 0 aliphatic heterocycles. The first-order valence-electron chi connectivity index (χ1n) is 10.3. The van der Waals surface area contributed by atoms with Gasteiger partial charge in [-0.1, -0.05) is 12.1 Å². The molecule has 3 aromatic rings. The van der Waals surface area contributed by atoms with E-state index < -0.39 is 23.6 Å². The molecule has 0 spiro atoms. The first-order chi connectivity index (χ1) is 15.5. The third kappa shape index (κ3) is 5.79. The zero-order valence-electron chi connectivity index (χ0n) is 18.5. The van der Waals surface area contributed by atoms with Crippen LogP contribution in [-0.4, -0.2) is 26.8 Å². The van der Waals surface area contributed by atoms with Crippen molar-refractivity contribution in [1.82, 2.24) is 9.78 Å². The van der Waals surface area contributed by atoms with Crippen LogP contribution in [0.3, 0.4) is 0 Å². The van der Waals surface area contributed by atoms with Gasteiger partial charge in [0.05, 0.1) is 17.8 Å². The molecule has 0 aliphatic carbocycles. The van der Waals surface area contributed by atoms with Gasteiger partial charge < -0.3 is 10.4 Å². The highest BCUT2D eigenvalue weighted by molar-refractivity contribution is 6.05. The minimum absolute atomic E-state index is 0.0418. The van der Waals surface area contributed by atoms with Crippen LogP contribution < -0.4 is 5.32 Å². The van der Waals surface area contributed by atoms with Crippen LogP contribution in [0.1, 0.15) is 50.4 Å². The Kier molecular flexibility index (Phi) is 6.90. The number of halogens is 3. The van der Waals surface area contributed by atoms with E-state index in [-0.39, 0.29) is 17.5 Å². The zero-order chi connectivity index (χ0) is 24.3. The lowest BCUT2D eigenvalue weighted by Gasteiger charge is -2.12. The lowest BCUT2D eigenvalue weighted by atomic mass is 10.0. The van der Waals surface area contributed by atoms with Gasteiger partial charge in [0.25, 0.3) is 5.91 Å². The number of carbonyl (C=O) groups excluding carboxylic acids is 1. The molecule has 0 atom stereocenters. The summed E-state index contributed by atoms with van der Waals surface area (Å²) < 4.78 is 40.3. The van der Waals surface area contributed by atoms with Gasteiger partial charge >= 0.3 is 12.1 Å². The van der Waals surface area contributed by atoms with Crippen LogP contribution in [0.15, 0.2) is 42.5 Å². The number of carboxylic acids is 1. The lowest BCUT2D eigenvalue weighted by molar-refractivity contribution is -0.138. The second-order valence-electron chi connectivity index (χ2n) is 7.88. The molecule has 0 unspecified atom stereocenters. The Bertz CT molecular complexity index is 1180. The van der Waals surface area contributed by atoms with Gasteiger partial charge in [0.15, 0.2) is 0 Å². The van der Waals surface area contributed by atoms with Gasteiger partial charge in [0, 0.05) is 23.4 Å². The first kappa shape index (κ1) is 24.0. The Morgan fingerprint density at radius 2 is 1.73 bits per heavy atom. The molecule has 0 fully saturated rings. The molecule has 1 aromatic heterocycles. The normalized spacial score (nSPS) is 11.5. The summed E-state index contributed by atoms with van der Waals surface area (Å²) >= 11 is 0. The van der Waals surface area contributed by atoms with E-state index in [9.17, 15) is 22.8 Å². The first-order valence-corrected chi connectivity index (χ1v) is 10.3. The SMILES string of the molecule is Cc1cc(C(F)(F)F)ccc1C(=O)Nc1ccc(Cn2nc(C)c(CCC(=O)O)c2C)cc1. The second-order valence-corrected chi connectivity index (χ2v) is 7.88. The molecule has 0 saturated heterocycles. The Morgan fingerprint density at radius 1 is 1.06 bits per heavy atom. The number of hydrogen-bond acceptors (Lipinski definition) is 3. The van der Waals surface area contributed by atoms with Crippen molar-refractivity contribution in [2.45, 2.75) is 46.3 Å². The van der Waals surface area contributed by atoms with Gasteiger partial charge in [-0.3, -0.25) is 14.3 Å². The number of hydrogen-bond donors (Lipinski definition) is 2. The molecular formula is C24H24F3N3O3. The number of alkyl halides is 3. The van der Waals surface area contributed by atoms with E-state index in [0.717, 1.165) is 34.6 Å². The van der Waals surface area contributed by atoms with Crippen molar-refractivity contribution in [1.29, 1.82) is 0 Å². The highest BCUT2D eigenvalue weighted by atomic mass is 19.4. The fourth-order valence-corrected chi connectivity index (χ4v) is 3.64. The Labute approximate surface area is 189 Å². The molecular weight excluding hydrogens is 435 g/mol. The molecule has 0 aliphatic rings. The minimum Gasteiger partial charge on any atom is -0.481 e. The number of aryl methyl sites for hydroxylation is 2. The smallest absolute Gasteiger partial charge is 0.416 e. The molecule has 9 heteroatoms. The lowest BCUT2D eigenvalue weighted by Crippen LogP contribution is -2.15.